The lowest BCUT2D eigenvalue weighted by atomic mass is 9.69. The Balaban J connectivity index is 0.929. The van der Waals surface area contributed by atoms with Gasteiger partial charge in [-0.1, -0.05) is 249 Å². The maximum absolute atomic E-state index is 2.57. The summed E-state index contributed by atoms with van der Waals surface area (Å²) in [7, 11) is 0. The van der Waals surface area contributed by atoms with Crippen molar-refractivity contribution in [2.75, 3.05) is 0 Å². The van der Waals surface area contributed by atoms with Crippen LogP contribution in [0.3, 0.4) is 0 Å². The van der Waals surface area contributed by atoms with Gasteiger partial charge >= 0.3 is 0 Å². The predicted molar refractivity (Wildman–Crippen MR) is 358 cm³/mol. The van der Waals surface area contributed by atoms with Crippen molar-refractivity contribution in [3.05, 3.63) is 301 Å². The van der Waals surface area contributed by atoms with Crippen molar-refractivity contribution >= 4 is 119 Å². The van der Waals surface area contributed by atoms with Crippen LogP contribution >= 0.6 is 0 Å². The Kier molecular flexibility index (Phi) is 8.25. The van der Waals surface area contributed by atoms with E-state index in [4.69, 9.17) is 0 Å². The molecular formula is C83H46N2. The summed E-state index contributed by atoms with van der Waals surface area (Å²) >= 11 is 0. The lowest BCUT2D eigenvalue weighted by molar-refractivity contribution is 0.802. The summed E-state index contributed by atoms with van der Waals surface area (Å²) in [5, 5.41) is 20.4. The number of fused-ring (bicyclic) bond motifs is 29. The monoisotopic (exact) mass is 1070 g/mol. The Labute approximate surface area is 487 Å². The average molecular weight is 1070 g/mol. The van der Waals surface area contributed by atoms with E-state index in [0.29, 0.717) is 0 Å². The van der Waals surface area contributed by atoms with Gasteiger partial charge < -0.3 is 8.80 Å². The van der Waals surface area contributed by atoms with Crippen LogP contribution in [-0.2, 0) is 5.41 Å². The average Bonchev–Trinajstić information content (AvgIpc) is 2.16. The molecule has 0 fully saturated rings. The first-order valence-electron chi connectivity index (χ1n) is 29.8. The third-order valence-corrected chi connectivity index (χ3v) is 20.4. The molecule has 15 aromatic carbocycles. The van der Waals surface area contributed by atoms with Gasteiger partial charge in [0.05, 0.1) is 38.5 Å². The molecule has 2 aliphatic carbocycles. The molecule has 1 spiro atoms. The van der Waals surface area contributed by atoms with Crippen molar-refractivity contribution in [1.82, 2.24) is 8.80 Å². The molecule has 0 amide bonds. The van der Waals surface area contributed by atoms with E-state index in [2.05, 4.69) is 288 Å². The number of nitrogens with zero attached hydrogens (tertiary/aromatic N) is 2. The fraction of sp³-hybridized carbons (Fsp3) is 0.0120. The minimum atomic E-state index is -0.592. The number of aromatic nitrogens is 2. The Bertz CT molecular complexity index is 5980. The van der Waals surface area contributed by atoms with Crippen molar-refractivity contribution in [2.24, 2.45) is 0 Å². The summed E-state index contributed by atoms with van der Waals surface area (Å²) in [6, 6.07) is 107. The minimum absolute atomic E-state index is 0.592. The highest BCUT2D eigenvalue weighted by molar-refractivity contribution is 6.32. The van der Waals surface area contributed by atoms with Crippen LogP contribution in [0.2, 0.25) is 0 Å². The number of para-hydroxylation sites is 4. The summed E-state index contributed by atoms with van der Waals surface area (Å²) in [4.78, 5) is 0. The van der Waals surface area contributed by atoms with Gasteiger partial charge in [-0.05, 0) is 151 Å². The number of hydrogen-bond acceptors (Lipinski definition) is 0. The molecule has 0 N–H and O–H groups in total. The van der Waals surface area contributed by atoms with E-state index >= 15 is 0 Å². The van der Waals surface area contributed by atoms with Crippen LogP contribution in [0.5, 0.6) is 0 Å². The molecule has 4 heterocycles. The first-order chi connectivity index (χ1) is 42.3. The lowest BCUT2D eigenvalue weighted by Crippen LogP contribution is -2.26. The van der Waals surface area contributed by atoms with Gasteiger partial charge in [0.2, 0.25) is 0 Å². The Morgan fingerprint density at radius 3 is 1.12 bits per heavy atom. The first kappa shape index (κ1) is 44.6. The normalized spacial score (nSPS) is 14.6. The third kappa shape index (κ3) is 5.23. The van der Waals surface area contributed by atoms with Crippen LogP contribution in [-0.4, -0.2) is 8.80 Å². The molecule has 0 saturated carbocycles. The van der Waals surface area contributed by atoms with E-state index in [1.807, 2.05) is 0 Å². The van der Waals surface area contributed by atoms with E-state index in [0.717, 1.165) is 0 Å². The highest BCUT2D eigenvalue weighted by Gasteiger charge is 2.53. The van der Waals surface area contributed by atoms with E-state index in [1.165, 1.54) is 197 Å². The molecule has 1 unspecified atom stereocenters. The molecular weight excluding hydrogens is 1020 g/mol. The van der Waals surface area contributed by atoms with Gasteiger partial charge in [0.1, 0.15) is 0 Å². The molecule has 4 aromatic heterocycles. The zero-order chi connectivity index (χ0) is 55.0. The Hall–Kier alpha value is -11.1. The Morgan fingerprint density at radius 2 is 0.565 bits per heavy atom. The van der Waals surface area contributed by atoms with Gasteiger partial charge in [0.15, 0.2) is 0 Å². The molecule has 0 saturated heterocycles. The predicted octanol–water partition coefficient (Wildman–Crippen LogP) is 21.9. The summed E-state index contributed by atoms with van der Waals surface area (Å²) in [6.07, 6.45) is 0. The molecule has 2 aliphatic rings. The van der Waals surface area contributed by atoms with Gasteiger partial charge in [-0.2, -0.15) is 0 Å². The number of hydrogen-bond donors (Lipinski definition) is 0. The van der Waals surface area contributed by atoms with Gasteiger partial charge in [-0.15, -0.1) is 0 Å². The minimum Gasteiger partial charge on any atom is -0.308 e. The molecule has 388 valence electrons. The van der Waals surface area contributed by atoms with Crippen LogP contribution in [0.15, 0.2) is 279 Å². The largest absolute Gasteiger partial charge is 0.308 e. The zero-order valence-corrected chi connectivity index (χ0v) is 46.0. The fourth-order valence-electron chi connectivity index (χ4n) is 17.4. The standard InChI is InChI=1S/C83H46N2/c1-3-24-53-47(20-1)48-21-2-4-25-58(48)80-77(53)62-27-6-12-36-69(62)83(80)68-35-11-5-26-61(68)76-65(34-19-37-70(76)83)75-54-32-17-30-49(56-42-44-59-51-22-7-13-38-71(51)84-73-40-15-9-28-63(73)78(56)81(59)84)66(54)46-67-50(31-18-33-55(67)75)57-43-45-60-52-23-8-14-39-72(52)85-74-41-16-10-29-64(74)79(57)82(60)85/h1-46H. The second kappa shape index (κ2) is 15.7. The summed E-state index contributed by atoms with van der Waals surface area (Å²) < 4.78 is 5.04. The number of benzene rings is 15. The summed E-state index contributed by atoms with van der Waals surface area (Å²) in [6.45, 7) is 0. The third-order valence-electron chi connectivity index (χ3n) is 20.4. The van der Waals surface area contributed by atoms with Crippen LogP contribution in [0.25, 0.3) is 175 Å². The van der Waals surface area contributed by atoms with E-state index in [9.17, 15) is 0 Å². The fourth-order valence-corrected chi connectivity index (χ4v) is 17.4. The second-order valence-electron chi connectivity index (χ2n) is 24.0. The van der Waals surface area contributed by atoms with Crippen LogP contribution in [0.4, 0.5) is 0 Å². The molecule has 0 bridgehead atoms. The Morgan fingerprint density at radius 1 is 0.200 bits per heavy atom. The molecule has 0 aliphatic heterocycles. The van der Waals surface area contributed by atoms with Crippen molar-refractivity contribution in [2.45, 2.75) is 5.41 Å². The molecule has 2 heteroatoms. The van der Waals surface area contributed by atoms with Gasteiger partial charge in [-0.25, -0.2) is 0 Å². The van der Waals surface area contributed by atoms with Crippen molar-refractivity contribution in [3.63, 3.8) is 0 Å². The molecule has 19 aromatic rings. The van der Waals surface area contributed by atoms with Crippen LogP contribution < -0.4 is 0 Å². The van der Waals surface area contributed by atoms with E-state index in [1.54, 1.807) is 0 Å². The van der Waals surface area contributed by atoms with Crippen molar-refractivity contribution in [1.29, 1.82) is 0 Å². The van der Waals surface area contributed by atoms with Crippen LogP contribution in [0.1, 0.15) is 22.3 Å². The van der Waals surface area contributed by atoms with Gasteiger partial charge in [0.25, 0.3) is 0 Å². The molecule has 0 radical (unpaired) electrons. The maximum atomic E-state index is 2.57. The van der Waals surface area contributed by atoms with Gasteiger partial charge in [0, 0.05) is 43.1 Å². The molecule has 2 nitrogen and oxygen atoms in total. The second-order valence-corrected chi connectivity index (χ2v) is 24.0. The SMILES string of the molecule is c1ccc2c(c1)-c1c(-c3c4cccc(-c5ccc6c7ccccc7n7c8ccccc8c5c67)c4cc4c(-c5ccc6c7ccccc7n7c8ccccc8c5c67)cccc34)cccc1C21c2ccccc2-c2c1c1ccccc1c1ccccc21. The smallest absolute Gasteiger partial charge is 0.0731 e. The zero-order valence-electron chi connectivity index (χ0n) is 46.0. The topological polar surface area (TPSA) is 8.82 Å². The molecule has 21 rings (SSSR count). The quantitative estimate of drug-likeness (QED) is 0.123. The van der Waals surface area contributed by atoms with E-state index in [-0.39, 0.29) is 0 Å². The highest BCUT2D eigenvalue weighted by Crippen LogP contribution is 2.67. The summed E-state index contributed by atoms with van der Waals surface area (Å²) in [5.74, 6) is 0. The maximum Gasteiger partial charge on any atom is 0.0731 e. The summed E-state index contributed by atoms with van der Waals surface area (Å²) in [5.41, 5.74) is 25.0. The lowest BCUT2D eigenvalue weighted by Gasteiger charge is -2.32. The van der Waals surface area contributed by atoms with Crippen molar-refractivity contribution in [3.8, 4) is 55.6 Å². The highest BCUT2D eigenvalue weighted by atomic mass is 14.9. The van der Waals surface area contributed by atoms with E-state index < -0.39 is 5.41 Å². The molecule has 85 heavy (non-hydrogen) atoms. The number of rotatable bonds is 3. The van der Waals surface area contributed by atoms with Gasteiger partial charge in [-0.3, -0.25) is 0 Å². The van der Waals surface area contributed by atoms with Crippen molar-refractivity contribution < 1.29 is 0 Å². The molecule has 1 atom stereocenters. The van der Waals surface area contributed by atoms with Crippen LogP contribution in [0, 0.1) is 0 Å². The first-order valence-corrected chi connectivity index (χ1v) is 29.8.